The van der Waals surface area contributed by atoms with E-state index in [2.05, 4.69) is 10.4 Å². The third-order valence-electron chi connectivity index (χ3n) is 2.00. The molecule has 0 saturated carbocycles. The Hall–Kier alpha value is -0.950. The molecular formula is C10H19N3O3. The molecule has 1 rings (SSSR count). The molecule has 0 spiro atoms. The van der Waals surface area contributed by atoms with Crippen LogP contribution in [0, 0.1) is 0 Å². The normalized spacial score (nSPS) is 10.9. The first-order valence-electron chi connectivity index (χ1n) is 5.38. The van der Waals surface area contributed by atoms with Crippen molar-refractivity contribution in [1.29, 1.82) is 0 Å². The molecule has 16 heavy (non-hydrogen) atoms. The molecular weight excluding hydrogens is 210 g/mol. The van der Waals surface area contributed by atoms with Crippen molar-refractivity contribution in [3.05, 3.63) is 18.0 Å². The molecule has 0 aromatic carbocycles. The lowest BCUT2D eigenvalue weighted by Gasteiger charge is -2.03. The van der Waals surface area contributed by atoms with Gasteiger partial charge in [0.2, 0.25) is 0 Å². The number of aromatic nitrogens is 2. The van der Waals surface area contributed by atoms with Gasteiger partial charge in [0.1, 0.15) is 0 Å². The molecule has 0 bridgehead atoms. The second-order valence-corrected chi connectivity index (χ2v) is 3.35. The zero-order valence-corrected chi connectivity index (χ0v) is 9.30. The van der Waals surface area contributed by atoms with Crippen LogP contribution in [0.5, 0.6) is 0 Å². The molecule has 6 heteroatoms. The number of aliphatic hydroxyl groups excluding tert-OH is 2. The number of nitrogens with zero attached hydrogens (tertiary/aromatic N) is 2. The minimum Gasteiger partial charge on any atom is -0.394 e. The first-order valence-corrected chi connectivity index (χ1v) is 5.38. The lowest BCUT2D eigenvalue weighted by atomic mass is 10.3. The molecule has 6 nitrogen and oxygen atoms in total. The van der Waals surface area contributed by atoms with Gasteiger partial charge in [0.05, 0.1) is 39.2 Å². The van der Waals surface area contributed by atoms with Crippen molar-refractivity contribution in [3.63, 3.8) is 0 Å². The number of aliphatic hydroxyl groups is 2. The average molecular weight is 229 g/mol. The van der Waals surface area contributed by atoms with Crippen molar-refractivity contribution in [1.82, 2.24) is 15.1 Å². The van der Waals surface area contributed by atoms with Gasteiger partial charge in [-0.2, -0.15) is 5.10 Å². The van der Waals surface area contributed by atoms with Crippen molar-refractivity contribution in [3.8, 4) is 0 Å². The van der Waals surface area contributed by atoms with E-state index in [0.717, 1.165) is 18.7 Å². The van der Waals surface area contributed by atoms with Crippen LogP contribution in [0.15, 0.2) is 12.4 Å². The summed E-state index contributed by atoms with van der Waals surface area (Å²) in [7, 11) is 0. The Balaban J connectivity index is 2.07. The van der Waals surface area contributed by atoms with Crippen molar-refractivity contribution in [2.45, 2.75) is 13.1 Å². The monoisotopic (exact) mass is 229 g/mol. The summed E-state index contributed by atoms with van der Waals surface area (Å²) in [4.78, 5) is 0. The smallest absolute Gasteiger partial charge is 0.0698 e. The maximum atomic E-state index is 8.71. The van der Waals surface area contributed by atoms with E-state index in [1.165, 1.54) is 0 Å². The third kappa shape index (κ3) is 5.22. The Morgan fingerprint density at radius 1 is 1.31 bits per heavy atom. The van der Waals surface area contributed by atoms with E-state index in [4.69, 9.17) is 14.9 Å². The van der Waals surface area contributed by atoms with Gasteiger partial charge in [-0.25, -0.2) is 0 Å². The van der Waals surface area contributed by atoms with Crippen molar-refractivity contribution < 1.29 is 14.9 Å². The second-order valence-electron chi connectivity index (χ2n) is 3.35. The van der Waals surface area contributed by atoms with E-state index in [-0.39, 0.29) is 13.2 Å². The molecule has 3 N–H and O–H groups in total. The number of hydrogen-bond donors (Lipinski definition) is 3. The van der Waals surface area contributed by atoms with Gasteiger partial charge in [0, 0.05) is 24.8 Å². The maximum Gasteiger partial charge on any atom is 0.0698 e. The summed E-state index contributed by atoms with van der Waals surface area (Å²) in [6.07, 6.45) is 3.68. The lowest BCUT2D eigenvalue weighted by Crippen LogP contribution is -2.19. The highest BCUT2D eigenvalue weighted by atomic mass is 16.5. The predicted molar refractivity (Wildman–Crippen MR) is 58.9 cm³/mol. The Labute approximate surface area is 94.8 Å². The molecule has 0 fully saturated rings. The second kappa shape index (κ2) is 8.23. The summed E-state index contributed by atoms with van der Waals surface area (Å²) in [5.41, 5.74) is 1.08. The summed E-state index contributed by atoms with van der Waals surface area (Å²) in [5, 5.41) is 24.5. The van der Waals surface area contributed by atoms with Gasteiger partial charge in [-0.1, -0.05) is 0 Å². The largest absolute Gasteiger partial charge is 0.394 e. The van der Waals surface area contributed by atoms with E-state index in [1.54, 1.807) is 10.9 Å². The van der Waals surface area contributed by atoms with Crippen LogP contribution in [0.3, 0.4) is 0 Å². The van der Waals surface area contributed by atoms with Crippen LogP contribution in [0.2, 0.25) is 0 Å². The summed E-state index contributed by atoms with van der Waals surface area (Å²) >= 11 is 0. The van der Waals surface area contributed by atoms with E-state index >= 15 is 0 Å². The molecule has 0 atom stereocenters. The molecule has 0 aliphatic heterocycles. The number of hydrogen-bond acceptors (Lipinski definition) is 5. The Morgan fingerprint density at radius 2 is 2.19 bits per heavy atom. The molecule has 1 aromatic heterocycles. The zero-order chi connectivity index (χ0) is 11.6. The molecule has 1 heterocycles. The summed E-state index contributed by atoms with van der Waals surface area (Å²) in [5.74, 6) is 0. The Bertz CT molecular complexity index is 278. The summed E-state index contributed by atoms with van der Waals surface area (Å²) in [6, 6.07) is 0. The Kier molecular flexibility index (Phi) is 6.75. The fraction of sp³-hybridized carbons (Fsp3) is 0.700. The number of ether oxygens (including phenoxy) is 1. The van der Waals surface area contributed by atoms with Crippen molar-refractivity contribution in [2.24, 2.45) is 0 Å². The fourth-order valence-electron chi connectivity index (χ4n) is 1.27. The van der Waals surface area contributed by atoms with E-state index in [9.17, 15) is 0 Å². The van der Waals surface area contributed by atoms with Crippen LogP contribution in [0.25, 0.3) is 0 Å². The van der Waals surface area contributed by atoms with E-state index in [0.29, 0.717) is 19.8 Å². The average Bonchev–Trinajstić information content (AvgIpc) is 2.72. The van der Waals surface area contributed by atoms with Gasteiger partial charge in [0.25, 0.3) is 0 Å². The molecule has 1 aromatic rings. The molecule has 92 valence electrons. The highest BCUT2D eigenvalue weighted by Crippen LogP contribution is 1.96. The highest BCUT2D eigenvalue weighted by Gasteiger charge is 1.97. The lowest BCUT2D eigenvalue weighted by molar-refractivity contribution is 0.0938. The SMILES string of the molecule is OCCOCCNCc1cnn(CCO)c1. The molecule has 0 unspecified atom stereocenters. The molecule has 0 amide bonds. The quantitative estimate of drug-likeness (QED) is 0.472. The third-order valence-corrected chi connectivity index (χ3v) is 2.00. The van der Waals surface area contributed by atoms with Crippen LogP contribution in [-0.4, -0.2) is 53.0 Å². The van der Waals surface area contributed by atoms with Crippen molar-refractivity contribution in [2.75, 3.05) is 33.0 Å². The first-order chi connectivity index (χ1) is 7.86. The van der Waals surface area contributed by atoms with Gasteiger partial charge in [-0.3, -0.25) is 4.68 Å². The minimum absolute atomic E-state index is 0.0634. The standard InChI is InChI=1S/C10H19N3O3/c14-3-2-13-9-10(8-12-13)7-11-1-5-16-6-4-15/h8-9,11,14-15H,1-7H2. The minimum atomic E-state index is 0.0634. The predicted octanol–water partition coefficient (Wildman–Crippen LogP) is -1.03. The summed E-state index contributed by atoms with van der Waals surface area (Å²) in [6.45, 7) is 3.14. The molecule has 0 saturated heterocycles. The van der Waals surface area contributed by atoms with E-state index in [1.807, 2.05) is 6.20 Å². The fourth-order valence-corrected chi connectivity index (χ4v) is 1.27. The Morgan fingerprint density at radius 3 is 2.94 bits per heavy atom. The highest BCUT2D eigenvalue weighted by molar-refractivity contribution is 5.03. The number of rotatable bonds is 9. The first kappa shape index (κ1) is 13.1. The van der Waals surface area contributed by atoms with Gasteiger partial charge in [-0.05, 0) is 0 Å². The van der Waals surface area contributed by atoms with Crippen LogP contribution in [0.4, 0.5) is 0 Å². The van der Waals surface area contributed by atoms with Crippen LogP contribution in [-0.2, 0) is 17.8 Å². The van der Waals surface area contributed by atoms with Crippen LogP contribution in [0.1, 0.15) is 5.56 Å². The topological polar surface area (TPSA) is 79.5 Å². The van der Waals surface area contributed by atoms with Gasteiger partial charge in [0.15, 0.2) is 0 Å². The van der Waals surface area contributed by atoms with Gasteiger partial charge in [-0.15, -0.1) is 0 Å². The zero-order valence-electron chi connectivity index (χ0n) is 9.30. The van der Waals surface area contributed by atoms with Crippen LogP contribution < -0.4 is 5.32 Å². The molecule has 0 aliphatic carbocycles. The number of nitrogens with one attached hydrogen (secondary N) is 1. The van der Waals surface area contributed by atoms with Gasteiger partial charge >= 0.3 is 0 Å². The maximum absolute atomic E-state index is 8.71. The summed E-state index contributed by atoms with van der Waals surface area (Å²) < 4.78 is 6.81. The van der Waals surface area contributed by atoms with Crippen molar-refractivity contribution >= 4 is 0 Å². The molecule has 0 radical (unpaired) electrons. The molecule has 0 aliphatic rings. The van der Waals surface area contributed by atoms with E-state index < -0.39 is 0 Å². The van der Waals surface area contributed by atoms with Crippen LogP contribution >= 0.6 is 0 Å². The van der Waals surface area contributed by atoms with Gasteiger partial charge < -0.3 is 20.3 Å².